The molecule has 0 unspecified atom stereocenters. The third-order valence-corrected chi connectivity index (χ3v) is 4.73. The van der Waals surface area contributed by atoms with Gasteiger partial charge in [-0.2, -0.15) is 4.98 Å². The van der Waals surface area contributed by atoms with Gasteiger partial charge in [-0.1, -0.05) is 29.4 Å². The first-order chi connectivity index (χ1) is 13.7. The molecule has 0 N–H and O–H groups in total. The number of pyridine rings is 1. The molecule has 0 saturated carbocycles. The number of fused-ring (bicyclic) bond motifs is 1. The Morgan fingerprint density at radius 1 is 1.11 bits per heavy atom. The van der Waals surface area contributed by atoms with Crippen molar-refractivity contribution in [3.05, 3.63) is 76.6 Å². The molecule has 8 heteroatoms. The molecular formula is C20H14N4O4. The van der Waals surface area contributed by atoms with Crippen molar-refractivity contribution < 1.29 is 13.7 Å². The zero-order valence-corrected chi connectivity index (χ0v) is 14.6. The summed E-state index contributed by atoms with van der Waals surface area (Å²) in [5.74, 6) is 0.437. The highest BCUT2D eigenvalue weighted by molar-refractivity contribution is 5.97. The van der Waals surface area contributed by atoms with Crippen LogP contribution in [-0.2, 0) is 0 Å². The first-order valence-electron chi connectivity index (χ1n) is 8.76. The van der Waals surface area contributed by atoms with E-state index >= 15 is 0 Å². The fraction of sp³-hybridized carbons (Fsp3) is 0.150. The molecule has 1 saturated heterocycles. The summed E-state index contributed by atoms with van der Waals surface area (Å²) in [4.78, 5) is 35.0. The molecule has 1 aliphatic heterocycles. The largest absolute Gasteiger partial charge is 0.422 e. The summed E-state index contributed by atoms with van der Waals surface area (Å²) in [7, 11) is 0. The third kappa shape index (κ3) is 2.75. The van der Waals surface area contributed by atoms with Crippen molar-refractivity contribution in [1.82, 2.24) is 20.0 Å². The van der Waals surface area contributed by atoms with Crippen LogP contribution in [0.3, 0.4) is 0 Å². The second-order valence-corrected chi connectivity index (χ2v) is 6.56. The minimum Gasteiger partial charge on any atom is -0.422 e. The van der Waals surface area contributed by atoms with Crippen LogP contribution in [0, 0.1) is 0 Å². The van der Waals surface area contributed by atoms with E-state index in [0.717, 1.165) is 0 Å². The number of hydrogen-bond acceptors (Lipinski definition) is 7. The number of rotatable bonds is 3. The molecule has 1 fully saturated rings. The average Bonchev–Trinajstić information content (AvgIpc) is 3.16. The molecule has 0 bridgehead atoms. The Kier molecular flexibility index (Phi) is 3.75. The lowest BCUT2D eigenvalue weighted by molar-refractivity contribution is 0.0565. The second kappa shape index (κ2) is 6.41. The number of hydrogen-bond donors (Lipinski definition) is 0. The van der Waals surface area contributed by atoms with E-state index in [4.69, 9.17) is 8.94 Å². The second-order valence-electron chi connectivity index (χ2n) is 6.56. The van der Waals surface area contributed by atoms with Gasteiger partial charge in [-0.3, -0.25) is 9.78 Å². The molecule has 1 amide bonds. The van der Waals surface area contributed by atoms with Crippen molar-refractivity contribution in [2.75, 3.05) is 13.1 Å². The summed E-state index contributed by atoms with van der Waals surface area (Å²) in [5, 5.41) is 4.66. The highest BCUT2D eigenvalue weighted by atomic mass is 16.5. The van der Waals surface area contributed by atoms with E-state index in [2.05, 4.69) is 15.1 Å². The Hall–Kier alpha value is -3.81. The van der Waals surface area contributed by atoms with Crippen molar-refractivity contribution in [2.24, 2.45) is 0 Å². The molecule has 138 valence electrons. The number of benzene rings is 1. The van der Waals surface area contributed by atoms with Crippen LogP contribution in [0.4, 0.5) is 0 Å². The van der Waals surface area contributed by atoms with Gasteiger partial charge in [0.1, 0.15) is 16.8 Å². The highest BCUT2D eigenvalue weighted by Crippen LogP contribution is 2.28. The third-order valence-electron chi connectivity index (χ3n) is 4.73. The van der Waals surface area contributed by atoms with Crippen LogP contribution in [0.2, 0.25) is 0 Å². The van der Waals surface area contributed by atoms with Crippen LogP contribution >= 0.6 is 0 Å². The Morgan fingerprint density at radius 2 is 1.93 bits per heavy atom. The summed E-state index contributed by atoms with van der Waals surface area (Å²) in [6, 6.07) is 14.1. The monoisotopic (exact) mass is 374 g/mol. The van der Waals surface area contributed by atoms with Gasteiger partial charge in [0.15, 0.2) is 0 Å². The smallest absolute Gasteiger partial charge is 0.349 e. The van der Waals surface area contributed by atoms with Crippen molar-refractivity contribution in [2.45, 2.75) is 5.92 Å². The normalized spacial score (nSPS) is 14.2. The van der Waals surface area contributed by atoms with Gasteiger partial charge in [0.25, 0.3) is 5.91 Å². The van der Waals surface area contributed by atoms with Gasteiger partial charge in [0, 0.05) is 24.7 Å². The van der Waals surface area contributed by atoms with Gasteiger partial charge in [-0.05, 0) is 24.3 Å². The Balaban J connectivity index is 1.32. The Morgan fingerprint density at radius 3 is 2.75 bits per heavy atom. The maximum Gasteiger partial charge on any atom is 0.349 e. The maximum absolute atomic E-state index is 12.7. The van der Waals surface area contributed by atoms with Crippen molar-refractivity contribution in [3.8, 4) is 11.5 Å². The molecule has 0 aliphatic carbocycles. The molecule has 5 rings (SSSR count). The van der Waals surface area contributed by atoms with E-state index in [1.165, 1.54) is 0 Å². The number of nitrogens with zero attached hydrogens (tertiary/aromatic N) is 4. The number of likely N-dealkylation sites (tertiary alicyclic amines) is 1. The lowest BCUT2D eigenvalue weighted by Crippen LogP contribution is -2.49. The van der Waals surface area contributed by atoms with Gasteiger partial charge in [0.2, 0.25) is 11.7 Å². The van der Waals surface area contributed by atoms with Gasteiger partial charge >= 0.3 is 5.63 Å². The van der Waals surface area contributed by atoms with Gasteiger partial charge in [-0.15, -0.1) is 0 Å². The van der Waals surface area contributed by atoms with E-state index < -0.39 is 5.63 Å². The van der Waals surface area contributed by atoms with Crippen molar-refractivity contribution in [1.29, 1.82) is 0 Å². The van der Waals surface area contributed by atoms with Gasteiger partial charge in [-0.25, -0.2) is 4.79 Å². The van der Waals surface area contributed by atoms with Crippen LogP contribution in [-0.4, -0.2) is 39.0 Å². The number of carbonyl (C=O) groups is 1. The average molecular weight is 374 g/mol. The van der Waals surface area contributed by atoms with E-state index in [1.807, 2.05) is 18.2 Å². The topological polar surface area (TPSA) is 102 Å². The van der Waals surface area contributed by atoms with Gasteiger partial charge in [0.05, 0.1) is 5.92 Å². The predicted octanol–water partition coefficient (Wildman–Crippen LogP) is 2.48. The zero-order chi connectivity index (χ0) is 19.1. The first kappa shape index (κ1) is 16.4. The minimum atomic E-state index is -0.637. The summed E-state index contributed by atoms with van der Waals surface area (Å²) >= 11 is 0. The van der Waals surface area contributed by atoms with Crippen LogP contribution in [0.15, 0.2) is 68.5 Å². The van der Waals surface area contributed by atoms with E-state index in [1.54, 1.807) is 41.4 Å². The number of aromatic nitrogens is 3. The summed E-state index contributed by atoms with van der Waals surface area (Å²) in [5.41, 5.74) is 0.469. The number of carbonyl (C=O) groups excluding carboxylic acids is 1. The Bertz CT molecular complexity index is 1230. The quantitative estimate of drug-likeness (QED) is 0.508. The van der Waals surface area contributed by atoms with Crippen LogP contribution in [0.1, 0.15) is 22.2 Å². The van der Waals surface area contributed by atoms with Crippen molar-refractivity contribution in [3.63, 3.8) is 0 Å². The standard InChI is InChI=1S/C20H14N4O4/c25-19(14-9-12-5-1-2-7-16(12)27-20(14)26)24-10-13(11-24)18-22-17(23-28-18)15-6-3-4-8-21-15/h1-9,13H,10-11H2. The summed E-state index contributed by atoms with van der Waals surface area (Å²) < 4.78 is 10.6. The van der Waals surface area contributed by atoms with Gasteiger partial charge < -0.3 is 13.8 Å². The molecule has 0 atom stereocenters. The fourth-order valence-electron chi connectivity index (χ4n) is 3.18. The van der Waals surface area contributed by atoms with E-state index in [9.17, 15) is 9.59 Å². The molecule has 4 aromatic rings. The summed E-state index contributed by atoms with van der Waals surface area (Å²) in [6.45, 7) is 0.796. The molecule has 8 nitrogen and oxygen atoms in total. The van der Waals surface area contributed by atoms with E-state index in [-0.39, 0.29) is 17.4 Å². The molecule has 1 aromatic carbocycles. The highest BCUT2D eigenvalue weighted by Gasteiger charge is 2.37. The lowest BCUT2D eigenvalue weighted by Gasteiger charge is -2.36. The number of amides is 1. The van der Waals surface area contributed by atoms with Crippen LogP contribution < -0.4 is 5.63 Å². The lowest BCUT2D eigenvalue weighted by atomic mass is 9.99. The molecule has 1 aliphatic rings. The minimum absolute atomic E-state index is 0.0249. The maximum atomic E-state index is 12.7. The molecule has 0 radical (unpaired) electrons. The molecule has 3 aromatic heterocycles. The number of para-hydroxylation sites is 1. The zero-order valence-electron chi connectivity index (χ0n) is 14.6. The van der Waals surface area contributed by atoms with Crippen LogP contribution in [0.5, 0.6) is 0 Å². The SMILES string of the molecule is O=C(c1cc2ccccc2oc1=O)N1CC(c2nc(-c3ccccn3)no2)C1. The predicted molar refractivity (Wildman–Crippen MR) is 98.7 cm³/mol. The van der Waals surface area contributed by atoms with Crippen molar-refractivity contribution >= 4 is 16.9 Å². The Labute approximate surface area is 158 Å². The molecule has 28 heavy (non-hydrogen) atoms. The summed E-state index contributed by atoms with van der Waals surface area (Å²) in [6.07, 6.45) is 1.66. The van der Waals surface area contributed by atoms with E-state index in [0.29, 0.717) is 41.5 Å². The fourth-order valence-corrected chi connectivity index (χ4v) is 3.18. The first-order valence-corrected chi connectivity index (χ1v) is 8.76. The molecular weight excluding hydrogens is 360 g/mol. The molecule has 4 heterocycles. The van der Waals surface area contributed by atoms with Crippen LogP contribution in [0.25, 0.3) is 22.5 Å². The molecule has 0 spiro atoms.